The number of nitrogens with zero attached hydrogens (tertiary/aromatic N) is 1. The highest BCUT2D eigenvalue weighted by Crippen LogP contribution is 2.17. The van der Waals surface area contributed by atoms with E-state index in [1.165, 1.54) is 0 Å². The average Bonchev–Trinajstić information content (AvgIpc) is 2.48. The maximum absolute atomic E-state index is 5.77. The van der Waals surface area contributed by atoms with Gasteiger partial charge >= 0.3 is 0 Å². The zero-order valence-corrected chi connectivity index (χ0v) is 14.4. The van der Waals surface area contributed by atoms with Gasteiger partial charge in [0.2, 0.25) is 0 Å². The number of benzene rings is 2. The van der Waals surface area contributed by atoms with Crippen LogP contribution in [0.1, 0.15) is 26.3 Å². The Morgan fingerprint density at radius 1 is 1.04 bits per heavy atom. The summed E-state index contributed by atoms with van der Waals surface area (Å²) in [6.07, 6.45) is 1.71. The van der Waals surface area contributed by atoms with Crippen LogP contribution in [0.5, 0.6) is 5.75 Å². The van der Waals surface area contributed by atoms with Gasteiger partial charge in [-0.25, -0.2) is 0 Å². The van der Waals surface area contributed by atoms with Crippen LogP contribution in [0.3, 0.4) is 0 Å². The summed E-state index contributed by atoms with van der Waals surface area (Å²) >= 11 is 5.18. The number of nitrogens with one attached hydrogen (secondary N) is 2. The Morgan fingerprint density at radius 3 is 2.30 bits per heavy atom. The largest absolute Gasteiger partial charge is 0.488 e. The molecule has 0 bridgehead atoms. The molecule has 0 heterocycles. The number of hydrazone groups is 1. The van der Waals surface area contributed by atoms with Gasteiger partial charge in [-0.3, -0.25) is 5.43 Å². The second kappa shape index (κ2) is 7.74. The van der Waals surface area contributed by atoms with Crippen molar-refractivity contribution in [3.8, 4) is 5.75 Å². The molecule has 2 rings (SSSR count). The summed E-state index contributed by atoms with van der Waals surface area (Å²) in [4.78, 5) is 0. The Bertz CT molecular complexity index is 661. The van der Waals surface area contributed by atoms with Gasteiger partial charge in [0, 0.05) is 5.69 Å². The molecule has 0 fully saturated rings. The quantitative estimate of drug-likeness (QED) is 0.502. The topological polar surface area (TPSA) is 45.6 Å². The molecule has 0 radical (unpaired) electrons. The van der Waals surface area contributed by atoms with E-state index in [0.29, 0.717) is 5.11 Å². The fourth-order valence-electron chi connectivity index (χ4n) is 1.82. The standard InChI is InChI=1S/C18H21N3OS/c1-18(2,3)22-16-11-9-14(10-12-16)13-19-21-17(23)20-15-7-5-4-6-8-15/h4-13H,1-3H3,(H2,20,21,23)/b19-13+. The van der Waals surface area contributed by atoms with Gasteiger partial charge in [0.15, 0.2) is 5.11 Å². The summed E-state index contributed by atoms with van der Waals surface area (Å²) in [5.41, 5.74) is 4.47. The first-order valence-corrected chi connectivity index (χ1v) is 7.77. The highest BCUT2D eigenvalue weighted by atomic mass is 32.1. The third-order valence-electron chi connectivity index (χ3n) is 2.72. The minimum Gasteiger partial charge on any atom is -0.488 e. The van der Waals surface area contributed by atoms with Crippen LogP contribution >= 0.6 is 12.2 Å². The minimum absolute atomic E-state index is 0.202. The zero-order valence-electron chi connectivity index (χ0n) is 13.5. The van der Waals surface area contributed by atoms with Crippen molar-refractivity contribution in [2.24, 2.45) is 5.10 Å². The first kappa shape index (κ1) is 17.0. The van der Waals surface area contributed by atoms with Crippen LogP contribution in [0.4, 0.5) is 5.69 Å². The van der Waals surface area contributed by atoms with E-state index in [-0.39, 0.29) is 5.60 Å². The highest BCUT2D eigenvalue weighted by molar-refractivity contribution is 7.80. The van der Waals surface area contributed by atoms with Crippen molar-refractivity contribution < 1.29 is 4.74 Å². The third kappa shape index (κ3) is 6.48. The van der Waals surface area contributed by atoms with Gasteiger partial charge in [0.25, 0.3) is 0 Å². The number of thiocarbonyl (C=S) groups is 1. The van der Waals surface area contributed by atoms with E-state index in [0.717, 1.165) is 17.0 Å². The monoisotopic (exact) mass is 327 g/mol. The molecule has 0 atom stereocenters. The van der Waals surface area contributed by atoms with Gasteiger partial charge < -0.3 is 10.1 Å². The summed E-state index contributed by atoms with van der Waals surface area (Å²) in [6.45, 7) is 6.06. The Kier molecular flexibility index (Phi) is 5.71. The number of ether oxygens (including phenoxy) is 1. The smallest absolute Gasteiger partial charge is 0.191 e. The second-order valence-electron chi connectivity index (χ2n) is 5.97. The van der Waals surface area contributed by atoms with Gasteiger partial charge in [-0.15, -0.1) is 0 Å². The van der Waals surface area contributed by atoms with Crippen molar-refractivity contribution in [3.63, 3.8) is 0 Å². The molecule has 0 spiro atoms. The summed E-state index contributed by atoms with van der Waals surface area (Å²) in [5, 5.41) is 7.62. The van der Waals surface area contributed by atoms with Crippen LogP contribution in [0.25, 0.3) is 0 Å². The van der Waals surface area contributed by atoms with Crippen LogP contribution in [0, 0.1) is 0 Å². The molecule has 2 aromatic carbocycles. The minimum atomic E-state index is -0.202. The lowest BCUT2D eigenvalue weighted by Gasteiger charge is -2.21. The number of hydrogen-bond acceptors (Lipinski definition) is 3. The Morgan fingerprint density at radius 2 is 1.70 bits per heavy atom. The molecule has 0 saturated heterocycles. The number of hydrogen-bond donors (Lipinski definition) is 2. The lowest BCUT2D eigenvalue weighted by Crippen LogP contribution is -2.23. The summed E-state index contributed by atoms with van der Waals surface area (Å²) in [6, 6.07) is 17.4. The van der Waals surface area contributed by atoms with E-state index in [4.69, 9.17) is 17.0 Å². The van der Waals surface area contributed by atoms with Crippen molar-refractivity contribution in [1.29, 1.82) is 0 Å². The number of para-hydroxylation sites is 1. The van der Waals surface area contributed by atoms with Gasteiger partial charge in [-0.05, 0) is 75.0 Å². The van der Waals surface area contributed by atoms with E-state index in [1.807, 2.05) is 75.4 Å². The first-order valence-electron chi connectivity index (χ1n) is 7.36. The van der Waals surface area contributed by atoms with Gasteiger partial charge in [-0.1, -0.05) is 18.2 Å². The van der Waals surface area contributed by atoms with Crippen LogP contribution in [0.15, 0.2) is 59.7 Å². The predicted octanol–water partition coefficient (Wildman–Crippen LogP) is 4.18. The second-order valence-corrected chi connectivity index (χ2v) is 6.38. The van der Waals surface area contributed by atoms with Gasteiger partial charge in [-0.2, -0.15) is 5.10 Å². The summed E-state index contributed by atoms with van der Waals surface area (Å²) in [7, 11) is 0. The maximum atomic E-state index is 5.77. The number of rotatable bonds is 4. The maximum Gasteiger partial charge on any atom is 0.191 e. The van der Waals surface area contributed by atoms with Crippen molar-refractivity contribution >= 4 is 29.2 Å². The molecule has 5 heteroatoms. The van der Waals surface area contributed by atoms with Crippen molar-refractivity contribution in [3.05, 3.63) is 60.2 Å². The Balaban J connectivity index is 1.84. The Labute approximate surface area is 142 Å². The van der Waals surface area contributed by atoms with E-state index in [2.05, 4.69) is 15.8 Å². The molecule has 0 aliphatic heterocycles. The molecule has 0 amide bonds. The molecule has 0 saturated carbocycles. The molecule has 2 aromatic rings. The molecule has 2 N–H and O–H groups in total. The summed E-state index contributed by atoms with van der Waals surface area (Å²) in [5.74, 6) is 0.837. The lowest BCUT2D eigenvalue weighted by atomic mass is 10.2. The lowest BCUT2D eigenvalue weighted by molar-refractivity contribution is 0.131. The van der Waals surface area contributed by atoms with Crippen LogP contribution < -0.4 is 15.5 Å². The van der Waals surface area contributed by atoms with Crippen molar-refractivity contribution in [2.45, 2.75) is 26.4 Å². The van der Waals surface area contributed by atoms with Crippen LogP contribution in [0.2, 0.25) is 0 Å². The molecule has 0 unspecified atom stereocenters. The molecule has 0 aliphatic carbocycles. The molecule has 23 heavy (non-hydrogen) atoms. The fourth-order valence-corrected chi connectivity index (χ4v) is 1.99. The van der Waals surface area contributed by atoms with E-state index < -0.39 is 0 Å². The SMILES string of the molecule is CC(C)(C)Oc1ccc(/C=N/NC(=S)Nc2ccccc2)cc1. The Hall–Kier alpha value is -2.40. The normalized spacial score (nSPS) is 11.3. The van der Waals surface area contributed by atoms with Gasteiger partial charge in [0.1, 0.15) is 11.4 Å². The average molecular weight is 327 g/mol. The molecule has 4 nitrogen and oxygen atoms in total. The molecule has 120 valence electrons. The van der Waals surface area contributed by atoms with Crippen LogP contribution in [-0.2, 0) is 0 Å². The van der Waals surface area contributed by atoms with E-state index in [1.54, 1.807) is 6.21 Å². The molecule has 0 aliphatic rings. The summed E-state index contributed by atoms with van der Waals surface area (Å²) < 4.78 is 5.77. The zero-order chi connectivity index (χ0) is 16.7. The van der Waals surface area contributed by atoms with E-state index >= 15 is 0 Å². The van der Waals surface area contributed by atoms with Gasteiger partial charge in [0.05, 0.1) is 6.21 Å². The molecular formula is C18H21N3OS. The highest BCUT2D eigenvalue weighted by Gasteiger charge is 2.10. The predicted molar refractivity (Wildman–Crippen MR) is 100 cm³/mol. The van der Waals surface area contributed by atoms with Crippen molar-refractivity contribution in [1.82, 2.24) is 5.43 Å². The number of anilines is 1. The fraction of sp³-hybridized carbons (Fsp3) is 0.222. The van der Waals surface area contributed by atoms with Crippen LogP contribution in [-0.4, -0.2) is 16.9 Å². The van der Waals surface area contributed by atoms with E-state index in [9.17, 15) is 0 Å². The molecule has 0 aromatic heterocycles. The third-order valence-corrected chi connectivity index (χ3v) is 2.91. The molecular weight excluding hydrogens is 306 g/mol. The first-order chi connectivity index (χ1) is 10.9. The van der Waals surface area contributed by atoms with Crippen molar-refractivity contribution in [2.75, 3.05) is 5.32 Å².